The van der Waals surface area contributed by atoms with Gasteiger partial charge < -0.3 is 5.73 Å². The fraction of sp³-hybridized carbons (Fsp3) is 0.154. The summed E-state index contributed by atoms with van der Waals surface area (Å²) in [5.41, 5.74) is 1.31. The van der Waals surface area contributed by atoms with Gasteiger partial charge in [-0.2, -0.15) is 34.8 Å². The summed E-state index contributed by atoms with van der Waals surface area (Å²) in [7, 11) is -4.62. The third kappa shape index (κ3) is 3.66. The largest absolute Gasteiger partial charge is 0.416 e. The zero-order chi connectivity index (χ0) is 20.2. The van der Waals surface area contributed by atoms with E-state index in [2.05, 4.69) is 4.98 Å². The Morgan fingerprint density at radius 3 is 2.11 bits per heavy atom. The molecule has 27 heavy (non-hydrogen) atoms. The average Bonchev–Trinajstić information content (AvgIpc) is 3.03. The number of aromatic nitrogens is 2. The number of thiazole rings is 1. The molecule has 0 saturated heterocycles. The van der Waals surface area contributed by atoms with Gasteiger partial charge in [0.15, 0.2) is 10.8 Å². The maximum Gasteiger partial charge on any atom is 0.416 e. The summed E-state index contributed by atoms with van der Waals surface area (Å²) in [5.74, 6) is -0.447. The number of nitrogens with two attached hydrogens (primary N) is 1. The molecule has 0 atom stereocenters. The summed E-state index contributed by atoms with van der Waals surface area (Å²) >= 11 is 1.04. The monoisotopic (exact) mass is 430 g/mol. The molecular formula is C13H8F6N4O2S2. The van der Waals surface area contributed by atoms with Crippen molar-refractivity contribution in [1.29, 1.82) is 0 Å². The van der Waals surface area contributed by atoms with E-state index >= 15 is 0 Å². The van der Waals surface area contributed by atoms with Crippen molar-refractivity contribution in [2.24, 2.45) is 0 Å². The maximum atomic E-state index is 12.9. The Morgan fingerprint density at radius 2 is 1.59 bits per heavy atom. The third-order valence-corrected chi connectivity index (χ3v) is 5.51. The smallest absolute Gasteiger partial charge is 0.381 e. The van der Waals surface area contributed by atoms with Gasteiger partial charge in [-0.1, -0.05) is 0 Å². The molecule has 0 aliphatic rings. The second-order valence-corrected chi connectivity index (χ2v) is 7.73. The van der Waals surface area contributed by atoms with Crippen LogP contribution in [0, 0.1) is 0 Å². The molecule has 0 aliphatic heterocycles. The minimum atomic E-state index is -5.11. The lowest BCUT2D eigenvalue weighted by Gasteiger charge is -2.15. The number of hydrogen-bond acceptors (Lipinski definition) is 5. The Morgan fingerprint density at radius 1 is 1.04 bits per heavy atom. The van der Waals surface area contributed by atoms with Crippen LogP contribution in [-0.2, 0) is 22.4 Å². The summed E-state index contributed by atoms with van der Waals surface area (Å²) in [5, 5.41) is 0.886. The van der Waals surface area contributed by atoms with Crippen molar-refractivity contribution in [3.63, 3.8) is 0 Å². The molecule has 146 valence electrons. The van der Waals surface area contributed by atoms with Gasteiger partial charge in [0.2, 0.25) is 5.03 Å². The van der Waals surface area contributed by atoms with Gasteiger partial charge in [0.1, 0.15) is 0 Å². The SMILES string of the molecule is Nc1nc2sccn2c1S(=O)(=O)Nc1cc(C(F)(F)F)cc(C(F)(F)F)c1. The van der Waals surface area contributed by atoms with Crippen molar-refractivity contribution in [3.05, 3.63) is 40.9 Å². The van der Waals surface area contributed by atoms with Gasteiger partial charge in [-0.25, -0.2) is 4.98 Å². The number of hydrogen-bond donors (Lipinski definition) is 2. The van der Waals surface area contributed by atoms with Gasteiger partial charge in [0.25, 0.3) is 10.0 Å². The molecular weight excluding hydrogens is 422 g/mol. The zero-order valence-corrected chi connectivity index (χ0v) is 14.4. The van der Waals surface area contributed by atoms with E-state index in [1.54, 1.807) is 4.72 Å². The Balaban J connectivity index is 2.11. The Hall–Kier alpha value is -2.48. The molecule has 0 bridgehead atoms. The number of nitrogen functional groups attached to an aromatic ring is 1. The van der Waals surface area contributed by atoms with Crippen LogP contribution in [0.3, 0.4) is 0 Å². The molecule has 1 aromatic carbocycles. The first-order chi connectivity index (χ1) is 12.3. The van der Waals surface area contributed by atoms with Crippen molar-refractivity contribution in [2.75, 3.05) is 10.5 Å². The molecule has 3 rings (SSSR count). The molecule has 2 aromatic heterocycles. The predicted molar refractivity (Wildman–Crippen MR) is 84.7 cm³/mol. The van der Waals surface area contributed by atoms with Crippen LogP contribution >= 0.6 is 11.3 Å². The van der Waals surface area contributed by atoms with Crippen LogP contribution in [0.25, 0.3) is 4.96 Å². The summed E-state index contributed by atoms with van der Waals surface area (Å²) in [4.78, 5) is 3.96. The number of fused-ring (bicyclic) bond motifs is 1. The quantitative estimate of drug-likeness (QED) is 0.619. The lowest BCUT2D eigenvalue weighted by Crippen LogP contribution is -2.18. The molecule has 0 radical (unpaired) electrons. The first-order valence-electron chi connectivity index (χ1n) is 6.82. The van der Waals surface area contributed by atoms with Gasteiger partial charge in [-0.15, -0.1) is 11.3 Å². The number of rotatable bonds is 3. The molecule has 0 saturated carbocycles. The highest BCUT2D eigenvalue weighted by molar-refractivity contribution is 7.92. The van der Waals surface area contributed by atoms with Crippen molar-refractivity contribution >= 4 is 37.8 Å². The van der Waals surface area contributed by atoms with Crippen molar-refractivity contribution in [3.8, 4) is 0 Å². The molecule has 3 N–H and O–H groups in total. The van der Waals surface area contributed by atoms with Gasteiger partial charge >= 0.3 is 12.4 Å². The standard InChI is InChI=1S/C13H8F6N4O2S2/c14-12(15,16)6-3-7(13(17,18)19)5-8(4-6)22-27(24,25)10-9(20)21-11-23(10)1-2-26-11/h1-5,22H,20H2. The number of alkyl halides is 6. The Kier molecular flexibility index (Phi) is 4.30. The number of halogens is 6. The first kappa shape index (κ1) is 19.3. The highest BCUT2D eigenvalue weighted by Gasteiger charge is 2.37. The molecule has 0 amide bonds. The fourth-order valence-electron chi connectivity index (χ4n) is 2.27. The lowest BCUT2D eigenvalue weighted by atomic mass is 10.1. The minimum Gasteiger partial charge on any atom is -0.381 e. The van der Waals surface area contributed by atoms with Gasteiger partial charge in [0, 0.05) is 11.6 Å². The van der Waals surface area contributed by atoms with Crippen molar-refractivity contribution < 1.29 is 34.8 Å². The van der Waals surface area contributed by atoms with Gasteiger partial charge in [-0.05, 0) is 18.2 Å². The number of imidazole rings is 1. The number of nitrogens with one attached hydrogen (secondary N) is 1. The third-order valence-electron chi connectivity index (χ3n) is 3.34. The van der Waals surface area contributed by atoms with E-state index in [1.807, 2.05) is 0 Å². The second-order valence-electron chi connectivity index (χ2n) is 5.26. The van der Waals surface area contributed by atoms with E-state index in [4.69, 9.17) is 5.73 Å². The highest BCUT2D eigenvalue weighted by Crippen LogP contribution is 2.38. The van der Waals surface area contributed by atoms with Crippen LogP contribution in [0.2, 0.25) is 0 Å². The van der Waals surface area contributed by atoms with Crippen LogP contribution in [-0.4, -0.2) is 17.8 Å². The van der Waals surface area contributed by atoms with Crippen LogP contribution in [0.1, 0.15) is 11.1 Å². The van der Waals surface area contributed by atoms with E-state index in [1.165, 1.54) is 11.6 Å². The first-order valence-corrected chi connectivity index (χ1v) is 9.18. The van der Waals surface area contributed by atoms with E-state index in [0.29, 0.717) is 0 Å². The zero-order valence-electron chi connectivity index (χ0n) is 12.8. The van der Waals surface area contributed by atoms with Crippen molar-refractivity contribution in [2.45, 2.75) is 17.4 Å². The molecule has 0 aliphatic carbocycles. The Bertz CT molecular complexity index is 1080. The molecule has 6 nitrogen and oxygen atoms in total. The van der Waals surface area contributed by atoms with Gasteiger partial charge in [-0.3, -0.25) is 9.12 Å². The maximum absolute atomic E-state index is 12.9. The minimum absolute atomic E-state index is 0.109. The number of benzene rings is 1. The van der Waals surface area contributed by atoms with Crippen LogP contribution in [0.4, 0.5) is 37.8 Å². The molecule has 0 fully saturated rings. The van der Waals surface area contributed by atoms with E-state index < -0.39 is 50.0 Å². The van der Waals surface area contributed by atoms with Crippen LogP contribution < -0.4 is 10.5 Å². The summed E-state index contributed by atoms with van der Waals surface area (Å²) in [6.45, 7) is 0. The average molecular weight is 430 g/mol. The van der Waals surface area contributed by atoms with Crippen LogP contribution in [0.5, 0.6) is 0 Å². The number of sulfonamides is 1. The lowest BCUT2D eigenvalue weighted by molar-refractivity contribution is -0.143. The molecule has 3 aromatic rings. The Labute approximate surface area is 151 Å². The fourth-order valence-corrected chi connectivity index (χ4v) is 4.30. The normalized spacial score (nSPS) is 13.3. The molecule has 0 unspecified atom stereocenters. The summed E-state index contributed by atoms with van der Waals surface area (Å²) < 4.78 is 105. The number of anilines is 2. The number of nitrogens with zero attached hydrogens (tertiary/aromatic N) is 2. The van der Waals surface area contributed by atoms with E-state index in [9.17, 15) is 34.8 Å². The molecule has 2 heterocycles. The second kappa shape index (κ2) is 6.02. The predicted octanol–water partition coefficient (Wildman–Crippen LogP) is 3.82. The van der Waals surface area contributed by atoms with Crippen LogP contribution in [0.15, 0.2) is 34.8 Å². The summed E-state index contributed by atoms with van der Waals surface area (Å²) in [6.07, 6.45) is -8.93. The molecule has 0 spiro atoms. The highest BCUT2D eigenvalue weighted by atomic mass is 32.2. The van der Waals surface area contributed by atoms with E-state index in [0.717, 1.165) is 15.7 Å². The van der Waals surface area contributed by atoms with Crippen molar-refractivity contribution in [1.82, 2.24) is 9.38 Å². The van der Waals surface area contributed by atoms with E-state index in [-0.39, 0.29) is 23.2 Å². The molecule has 14 heteroatoms. The summed E-state index contributed by atoms with van der Waals surface area (Å²) in [6, 6.07) is 0.408. The topological polar surface area (TPSA) is 89.5 Å². The van der Waals surface area contributed by atoms with Gasteiger partial charge in [0.05, 0.1) is 16.8 Å².